The Bertz CT molecular complexity index is 664. The van der Waals surface area contributed by atoms with Crippen molar-refractivity contribution in [2.24, 2.45) is 0 Å². The number of hydrogen-bond donors (Lipinski definition) is 2. The van der Waals surface area contributed by atoms with E-state index < -0.39 is 28.2 Å². The fourth-order valence-electron chi connectivity index (χ4n) is 2.98. The van der Waals surface area contributed by atoms with Gasteiger partial charge in [-0.3, -0.25) is 4.79 Å². The third kappa shape index (κ3) is 3.25. The zero-order valence-electron chi connectivity index (χ0n) is 12.6. The summed E-state index contributed by atoms with van der Waals surface area (Å²) in [7, 11) is -3.70. The highest BCUT2D eigenvalue weighted by molar-refractivity contribution is 7.89. The second-order valence-electron chi connectivity index (χ2n) is 5.81. The smallest absolute Gasteiger partial charge is 0.243 e. The number of rotatable bonds is 4. The number of carbonyl (C=O) groups is 1. The summed E-state index contributed by atoms with van der Waals surface area (Å²) in [5, 5.41) is 12.4. The van der Waals surface area contributed by atoms with E-state index >= 15 is 0 Å². The van der Waals surface area contributed by atoms with Crippen molar-refractivity contribution in [2.75, 3.05) is 19.8 Å². The van der Waals surface area contributed by atoms with Crippen molar-refractivity contribution in [3.8, 4) is 0 Å². The van der Waals surface area contributed by atoms with Crippen LogP contribution < -0.4 is 5.32 Å². The Labute approximate surface area is 135 Å². The molecule has 8 heteroatoms. The van der Waals surface area contributed by atoms with Crippen LogP contribution in [0.2, 0.25) is 0 Å². The summed E-state index contributed by atoms with van der Waals surface area (Å²) in [5.41, 5.74) is 0. The lowest BCUT2D eigenvalue weighted by atomic mass is 10.1. The second kappa shape index (κ2) is 6.56. The second-order valence-corrected chi connectivity index (χ2v) is 7.70. The topological polar surface area (TPSA) is 95.9 Å². The fourth-order valence-corrected chi connectivity index (χ4v) is 4.65. The Hall–Kier alpha value is -1.48. The Morgan fingerprint density at radius 2 is 2.00 bits per heavy atom. The van der Waals surface area contributed by atoms with Crippen molar-refractivity contribution >= 4 is 15.9 Å². The first-order valence-corrected chi connectivity index (χ1v) is 9.07. The lowest BCUT2D eigenvalue weighted by Crippen LogP contribution is -2.51. The standard InChI is InChI=1S/C15H20N2O5S/c18-14-10-22-9-12(14)16-15(19)13-7-4-8-17(13)23(20,21)11-5-2-1-3-6-11/h1-3,5-6,12-14,18H,4,7-10H2,(H,16,19)/t12-,13-,14-/m1/s1. The molecule has 2 saturated heterocycles. The number of nitrogens with one attached hydrogen (secondary N) is 1. The first-order chi connectivity index (χ1) is 11.0. The molecule has 2 aliphatic heterocycles. The van der Waals surface area contributed by atoms with Gasteiger partial charge >= 0.3 is 0 Å². The minimum absolute atomic E-state index is 0.182. The maximum absolute atomic E-state index is 12.7. The summed E-state index contributed by atoms with van der Waals surface area (Å²) >= 11 is 0. The third-order valence-corrected chi connectivity index (χ3v) is 6.16. The van der Waals surface area contributed by atoms with Crippen LogP contribution in [0, 0.1) is 0 Å². The number of aliphatic hydroxyl groups excluding tert-OH is 1. The highest BCUT2D eigenvalue weighted by atomic mass is 32.2. The molecule has 0 radical (unpaired) electrons. The lowest BCUT2D eigenvalue weighted by molar-refractivity contribution is -0.125. The number of amides is 1. The van der Waals surface area contributed by atoms with Crippen molar-refractivity contribution in [1.82, 2.24) is 9.62 Å². The lowest BCUT2D eigenvalue weighted by Gasteiger charge is -2.25. The van der Waals surface area contributed by atoms with E-state index in [9.17, 15) is 18.3 Å². The predicted octanol–water partition coefficient (Wildman–Crippen LogP) is -0.284. The average Bonchev–Trinajstić information content (AvgIpc) is 3.18. The summed E-state index contributed by atoms with van der Waals surface area (Å²) in [5.74, 6) is -0.378. The highest BCUT2D eigenvalue weighted by Crippen LogP contribution is 2.26. The maximum atomic E-state index is 12.7. The fraction of sp³-hybridized carbons (Fsp3) is 0.533. The van der Waals surface area contributed by atoms with E-state index in [0.717, 1.165) is 0 Å². The molecule has 7 nitrogen and oxygen atoms in total. The van der Waals surface area contributed by atoms with Gasteiger partial charge in [-0.1, -0.05) is 18.2 Å². The van der Waals surface area contributed by atoms with Crippen LogP contribution >= 0.6 is 0 Å². The first-order valence-electron chi connectivity index (χ1n) is 7.63. The van der Waals surface area contributed by atoms with E-state index in [1.807, 2.05) is 0 Å². The monoisotopic (exact) mass is 340 g/mol. The van der Waals surface area contributed by atoms with E-state index in [0.29, 0.717) is 19.4 Å². The average molecular weight is 340 g/mol. The summed E-state index contributed by atoms with van der Waals surface area (Å²) in [6.45, 7) is 0.742. The molecule has 1 aromatic carbocycles. The molecule has 0 aliphatic carbocycles. The third-order valence-electron chi connectivity index (χ3n) is 4.23. The molecule has 0 saturated carbocycles. The van der Waals surface area contributed by atoms with E-state index in [4.69, 9.17) is 4.74 Å². The molecular formula is C15H20N2O5S. The SMILES string of the molecule is O=C(N[C@@H]1COC[C@H]1O)[C@H]1CCCN1S(=O)(=O)c1ccccc1. The van der Waals surface area contributed by atoms with Gasteiger partial charge in [-0.25, -0.2) is 8.42 Å². The van der Waals surface area contributed by atoms with Gasteiger partial charge < -0.3 is 15.2 Å². The van der Waals surface area contributed by atoms with Gasteiger partial charge in [0.15, 0.2) is 0 Å². The largest absolute Gasteiger partial charge is 0.388 e. The molecule has 0 unspecified atom stereocenters. The Morgan fingerprint density at radius 1 is 1.26 bits per heavy atom. The van der Waals surface area contributed by atoms with Gasteiger partial charge in [0.1, 0.15) is 6.04 Å². The van der Waals surface area contributed by atoms with Gasteiger partial charge in [0.2, 0.25) is 15.9 Å². The van der Waals surface area contributed by atoms with Crippen LogP contribution in [0.15, 0.2) is 35.2 Å². The molecule has 1 amide bonds. The van der Waals surface area contributed by atoms with E-state index in [1.165, 1.54) is 16.4 Å². The Morgan fingerprint density at radius 3 is 2.65 bits per heavy atom. The minimum atomic E-state index is -3.70. The highest BCUT2D eigenvalue weighted by Gasteiger charge is 2.40. The predicted molar refractivity (Wildman–Crippen MR) is 82.1 cm³/mol. The van der Waals surface area contributed by atoms with Gasteiger partial charge in [0.05, 0.1) is 30.3 Å². The molecule has 3 rings (SSSR count). The number of ether oxygens (including phenoxy) is 1. The normalized spacial score (nSPS) is 28.8. The summed E-state index contributed by atoms with van der Waals surface area (Å²) < 4.78 is 31.8. The number of aliphatic hydroxyl groups is 1. The van der Waals surface area contributed by atoms with Gasteiger partial charge in [-0.05, 0) is 25.0 Å². The molecule has 2 fully saturated rings. The molecule has 2 N–H and O–H groups in total. The minimum Gasteiger partial charge on any atom is -0.388 e. The van der Waals surface area contributed by atoms with Crippen LogP contribution in [0.5, 0.6) is 0 Å². The number of sulfonamides is 1. The quantitative estimate of drug-likeness (QED) is 0.786. The van der Waals surface area contributed by atoms with E-state index in [-0.39, 0.29) is 24.0 Å². The number of carbonyl (C=O) groups excluding carboxylic acids is 1. The van der Waals surface area contributed by atoms with Gasteiger partial charge in [-0.2, -0.15) is 4.31 Å². The van der Waals surface area contributed by atoms with Crippen LogP contribution in [0.25, 0.3) is 0 Å². The molecule has 0 aromatic heterocycles. The molecule has 1 aromatic rings. The summed E-state index contributed by atoms with van der Waals surface area (Å²) in [6, 6.07) is 6.88. The number of nitrogens with zero attached hydrogens (tertiary/aromatic N) is 1. The van der Waals surface area contributed by atoms with E-state index in [1.54, 1.807) is 18.2 Å². The van der Waals surface area contributed by atoms with Crippen LogP contribution in [0.4, 0.5) is 0 Å². The van der Waals surface area contributed by atoms with Crippen LogP contribution in [-0.2, 0) is 19.6 Å². The summed E-state index contributed by atoms with van der Waals surface area (Å²) in [6.07, 6.45) is 0.356. The van der Waals surface area contributed by atoms with Crippen molar-refractivity contribution < 1.29 is 23.1 Å². The van der Waals surface area contributed by atoms with Crippen LogP contribution in [0.3, 0.4) is 0 Å². The zero-order chi connectivity index (χ0) is 16.4. The van der Waals surface area contributed by atoms with E-state index in [2.05, 4.69) is 5.32 Å². The van der Waals surface area contributed by atoms with Gasteiger partial charge in [-0.15, -0.1) is 0 Å². The molecule has 2 aliphatic rings. The van der Waals surface area contributed by atoms with Crippen molar-refractivity contribution in [3.63, 3.8) is 0 Å². The number of benzene rings is 1. The Kier molecular flexibility index (Phi) is 4.67. The summed E-state index contributed by atoms with van der Waals surface area (Å²) in [4.78, 5) is 12.6. The molecule has 3 atom stereocenters. The molecule has 2 heterocycles. The van der Waals surface area contributed by atoms with Crippen LogP contribution in [0.1, 0.15) is 12.8 Å². The molecule has 0 spiro atoms. The van der Waals surface area contributed by atoms with Crippen molar-refractivity contribution in [3.05, 3.63) is 30.3 Å². The zero-order valence-corrected chi connectivity index (χ0v) is 13.4. The van der Waals surface area contributed by atoms with Crippen molar-refractivity contribution in [2.45, 2.75) is 35.9 Å². The van der Waals surface area contributed by atoms with Gasteiger partial charge in [0.25, 0.3) is 0 Å². The first kappa shape index (κ1) is 16.4. The van der Waals surface area contributed by atoms with Gasteiger partial charge in [0, 0.05) is 6.54 Å². The van der Waals surface area contributed by atoms with Crippen molar-refractivity contribution in [1.29, 1.82) is 0 Å². The van der Waals surface area contributed by atoms with Crippen LogP contribution in [-0.4, -0.2) is 61.7 Å². The molecule has 0 bridgehead atoms. The Balaban J connectivity index is 1.76. The maximum Gasteiger partial charge on any atom is 0.243 e. The number of hydrogen-bond acceptors (Lipinski definition) is 5. The molecule has 126 valence electrons. The molecular weight excluding hydrogens is 320 g/mol. The molecule has 23 heavy (non-hydrogen) atoms.